The summed E-state index contributed by atoms with van der Waals surface area (Å²) in [6.07, 6.45) is 2.35. The van der Waals surface area contributed by atoms with Crippen LogP contribution in [0.1, 0.15) is 36.2 Å². The Bertz CT molecular complexity index is 873. The summed E-state index contributed by atoms with van der Waals surface area (Å²) in [5.41, 5.74) is 8.30. The summed E-state index contributed by atoms with van der Waals surface area (Å²) in [4.78, 5) is 13.0. The first-order valence-corrected chi connectivity index (χ1v) is 9.07. The van der Waals surface area contributed by atoms with Crippen molar-refractivity contribution in [3.63, 3.8) is 0 Å². The van der Waals surface area contributed by atoms with Crippen LogP contribution in [0.4, 0.5) is 5.69 Å². The van der Waals surface area contributed by atoms with E-state index in [2.05, 4.69) is 0 Å². The highest BCUT2D eigenvalue weighted by molar-refractivity contribution is 6.12. The minimum Gasteiger partial charge on any atom is -0.493 e. The second kappa shape index (κ2) is 9.69. The molecule has 0 amide bonds. The van der Waals surface area contributed by atoms with Crippen molar-refractivity contribution >= 4 is 17.5 Å². The number of carbonyl (C=O) groups is 1. The van der Waals surface area contributed by atoms with Crippen molar-refractivity contribution in [3.8, 4) is 23.0 Å². The Morgan fingerprint density at radius 2 is 1.64 bits per heavy atom. The average molecular weight is 385 g/mol. The van der Waals surface area contributed by atoms with Gasteiger partial charge in [0.25, 0.3) is 0 Å². The summed E-state index contributed by atoms with van der Waals surface area (Å²) in [5.74, 6) is 2.01. The predicted molar refractivity (Wildman–Crippen MR) is 111 cm³/mol. The number of carbonyl (C=O) groups excluding carboxylic acids is 1. The molecule has 0 saturated heterocycles. The highest BCUT2D eigenvalue weighted by atomic mass is 16.5. The number of ether oxygens (including phenoxy) is 4. The van der Waals surface area contributed by atoms with Gasteiger partial charge in [0.15, 0.2) is 17.3 Å². The first kappa shape index (κ1) is 21.2. The number of nitrogen functional groups attached to an aromatic ring is 1. The minimum absolute atomic E-state index is 0.103. The van der Waals surface area contributed by atoms with Crippen molar-refractivity contribution in [1.29, 1.82) is 0 Å². The summed E-state index contributed by atoms with van der Waals surface area (Å²) in [6, 6.07) is 8.69. The van der Waals surface area contributed by atoms with E-state index in [0.29, 0.717) is 52.8 Å². The second-order valence-electron chi connectivity index (χ2n) is 5.96. The van der Waals surface area contributed by atoms with Gasteiger partial charge in [0.1, 0.15) is 5.75 Å². The molecule has 28 heavy (non-hydrogen) atoms. The van der Waals surface area contributed by atoms with E-state index in [9.17, 15) is 4.79 Å². The van der Waals surface area contributed by atoms with E-state index in [4.69, 9.17) is 24.7 Å². The molecule has 0 fully saturated rings. The third-order valence-corrected chi connectivity index (χ3v) is 4.31. The quantitative estimate of drug-likeness (QED) is 0.392. The van der Waals surface area contributed by atoms with E-state index in [1.165, 1.54) is 0 Å². The summed E-state index contributed by atoms with van der Waals surface area (Å²) in [5, 5.41) is 0. The number of Topliss-reactive ketones (excluding diaryl/α,β-unsaturated/α-hetero) is 1. The molecule has 6 nitrogen and oxygen atoms in total. The molecule has 2 aromatic carbocycles. The maximum absolute atomic E-state index is 13.0. The Morgan fingerprint density at radius 1 is 0.964 bits per heavy atom. The van der Waals surface area contributed by atoms with Crippen LogP contribution in [-0.4, -0.2) is 33.7 Å². The Kier molecular flexibility index (Phi) is 7.32. The van der Waals surface area contributed by atoms with Crippen LogP contribution in [-0.2, 0) is 0 Å². The topological polar surface area (TPSA) is 80.0 Å². The SMILES string of the molecule is CCOc1ccc(C(=O)/C(=C/c2ccc(OC)c(OC)c2OC)CC)cc1N. The molecule has 0 saturated carbocycles. The largest absolute Gasteiger partial charge is 0.493 e. The van der Waals surface area contributed by atoms with Crippen LogP contribution in [0.25, 0.3) is 6.08 Å². The van der Waals surface area contributed by atoms with Gasteiger partial charge in [-0.25, -0.2) is 0 Å². The maximum atomic E-state index is 13.0. The molecule has 2 N–H and O–H groups in total. The first-order valence-electron chi connectivity index (χ1n) is 9.07. The molecule has 0 aromatic heterocycles. The zero-order chi connectivity index (χ0) is 20.7. The number of allylic oxidation sites excluding steroid dienone is 1. The van der Waals surface area contributed by atoms with Gasteiger partial charge in [-0.2, -0.15) is 0 Å². The third-order valence-electron chi connectivity index (χ3n) is 4.31. The van der Waals surface area contributed by atoms with E-state index < -0.39 is 0 Å². The normalized spacial score (nSPS) is 11.1. The van der Waals surface area contributed by atoms with Gasteiger partial charge in [-0.1, -0.05) is 6.92 Å². The third kappa shape index (κ3) is 4.39. The lowest BCUT2D eigenvalue weighted by atomic mass is 9.98. The molecule has 0 atom stereocenters. The number of hydrogen-bond donors (Lipinski definition) is 1. The molecular weight excluding hydrogens is 358 g/mol. The second-order valence-corrected chi connectivity index (χ2v) is 5.96. The number of ketones is 1. The molecule has 2 rings (SSSR count). The molecule has 0 spiro atoms. The molecule has 0 aliphatic heterocycles. The van der Waals surface area contributed by atoms with Crippen LogP contribution in [0, 0.1) is 0 Å². The summed E-state index contributed by atoms with van der Waals surface area (Å²) < 4.78 is 21.7. The number of methoxy groups -OCH3 is 3. The van der Waals surface area contributed by atoms with Crippen LogP contribution in [0.15, 0.2) is 35.9 Å². The highest BCUT2D eigenvalue weighted by Gasteiger charge is 2.18. The molecule has 6 heteroatoms. The Morgan fingerprint density at radius 3 is 2.18 bits per heavy atom. The van der Waals surface area contributed by atoms with Crippen molar-refractivity contribution in [1.82, 2.24) is 0 Å². The molecule has 2 aromatic rings. The van der Waals surface area contributed by atoms with E-state index in [0.717, 1.165) is 5.56 Å². The van der Waals surface area contributed by atoms with Crippen molar-refractivity contribution in [2.24, 2.45) is 0 Å². The fourth-order valence-electron chi connectivity index (χ4n) is 2.92. The lowest BCUT2D eigenvalue weighted by molar-refractivity contribution is 0.103. The molecule has 0 heterocycles. The highest BCUT2D eigenvalue weighted by Crippen LogP contribution is 2.41. The molecule has 0 aliphatic rings. The van der Waals surface area contributed by atoms with E-state index >= 15 is 0 Å². The van der Waals surface area contributed by atoms with Crippen molar-refractivity contribution in [2.75, 3.05) is 33.7 Å². The fraction of sp³-hybridized carbons (Fsp3) is 0.318. The Hall–Kier alpha value is -3.15. The van der Waals surface area contributed by atoms with Gasteiger partial charge in [0, 0.05) is 16.7 Å². The van der Waals surface area contributed by atoms with Gasteiger partial charge < -0.3 is 24.7 Å². The molecule has 0 aliphatic carbocycles. The smallest absolute Gasteiger partial charge is 0.203 e. The molecule has 0 bridgehead atoms. The Balaban J connectivity index is 2.46. The number of rotatable bonds is 9. The van der Waals surface area contributed by atoms with Crippen molar-refractivity contribution in [3.05, 3.63) is 47.0 Å². The van der Waals surface area contributed by atoms with E-state index in [1.807, 2.05) is 19.9 Å². The number of anilines is 1. The molecule has 0 unspecified atom stereocenters. The van der Waals surface area contributed by atoms with Crippen molar-refractivity contribution < 1.29 is 23.7 Å². The van der Waals surface area contributed by atoms with Gasteiger partial charge >= 0.3 is 0 Å². The maximum Gasteiger partial charge on any atom is 0.203 e. The van der Waals surface area contributed by atoms with Gasteiger partial charge in [-0.05, 0) is 49.8 Å². The lowest BCUT2D eigenvalue weighted by Gasteiger charge is -2.15. The first-order chi connectivity index (χ1) is 13.5. The molecule has 150 valence electrons. The lowest BCUT2D eigenvalue weighted by Crippen LogP contribution is -2.05. The molecule has 0 radical (unpaired) electrons. The van der Waals surface area contributed by atoms with Gasteiger partial charge in [-0.15, -0.1) is 0 Å². The number of nitrogens with two attached hydrogens (primary N) is 1. The van der Waals surface area contributed by atoms with Gasteiger partial charge in [-0.3, -0.25) is 4.79 Å². The monoisotopic (exact) mass is 385 g/mol. The van der Waals surface area contributed by atoms with Crippen LogP contribution >= 0.6 is 0 Å². The van der Waals surface area contributed by atoms with Crippen LogP contribution in [0.2, 0.25) is 0 Å². The van der Waals surface area contributed by atoms with Gasteiger partial charge in [0.2, 0.25) is 5.75 Å². The van der Waals surface area contributed by atoms with Crippen LogP contribution in [0.3, 0.4) is 0 Å². The van der Waals surface area contributed by atoms with E-state index in [-0.39, 0.29) is 5.78 Å². The summed E-state index contributed by atoms with van der Waals surface area (Å²) >= 11 is 0. The predicted octanol–water partition coefficient (Wildman–Crippen LogP) is 4.37. The zero-order valence-corrected chi connectivity index (χ0v) is 17.0. The van der Waals surface area contributed by atoms with Crippen LogP contribution < -0.4 is 24.7 Å². The van der Waals surface area contributed by atoms with Crippen molar-refractivity contribution in [2.45, 2.75) is 20.3 Å². The average Bonchev–Trinajstić information content (AvgIpc) is 2.72. The Labute approximate surface area is 165 Å². The zero-order valence-electron chi connectivity index (χ0n) is 17.0. The summed E-state index contributed by atoms with van der Waals surface area (Å²) in [6.45, 7) is 4.32. The van der Waals surface area contributed by atoms with Crippen LogP contribution in [0.5, 0.6) is 23.0 Å². The fourth-order valence-corrected chi connectivity index (χ4v) is 2.92. The minimum atomic E-state index is -0.103. The number of benzene rings is 2. The summed E-state index contributed by atoms with van der Waals surface area (Å²) in [7, 11) is 4.65. The standard InChI is InChI=1S/C22H27NO5/c1-6-14(20(24)15-8-10-18(28-7-2)17(23)13-15)12-16-9-11-19(25-3)22(27-5)21(16)26-4/h8-13H,6-7,23H2,1-5H3/b14-12+. The van der Waals surface area contributed by atoms with E-state index in [1.54, 1.807) is 51.7 Å². The number of hydrogen-bond acceptors (Lipinski definition) is 6. The van der Waals surface area contributed by atoms with Gasteiger partial charge in [0.05, 0.1) is 33.6 Å². The molecular formula is C22H27NO5.